The minimum atomic E-state index is -0.787. The van der Waals surface area contributed by atoms with Crippen LogP contribution < -0.4 is 20.4 Å². The number of carbonyl (C=O) groups is 2. The third-order valence-electron chi connectivity index (χ3n) is 4.89. The first-order valence-corrected chi connectivity index (χ1v) is 10.0. The van der Waals surface area contributed by atoms with Crippen LogP contribution in [0.4, 0.5) is 0 Å². The van der Waals surface area contributed by atoms with Gasteiger partial charge in [-0.25, -0.2) is 9.59 Å². The number of hydrogen-bond acceptors (Lipinski definition) is 7. The summed E-state index contributed by atoms with van der Waals surface area (Å²) in [6.07, 6.45) is 0. The first-order chi connectivity index (χ1) is 15.3. The molecule has 168 valence electrons. The van der Waals surface area contributed by atoms with Crippen molar-refractivity contribution in [3.63, 3.8) is 0 Å². The predicted octanol–water partition coefficient (Wildman–Crippen LogP) is 3.08. The zero-order chi connectivity index (χ0) is 23.3. The van der Waals surface area contributed by atoms with Gasteiger partial charge < -0.3 is 23.9 Å². The number of aryl methyl sites for hydroxylation is 2. The third kappa shape index (κ3) is 5.53. The number of amides is 1. The van der Waals surface area contributed by atoms with E-state index >= 15 is 0 Å². The largest absolute Gasteiger partial charge is 0.482 e. The van der Waals surface area contributed by atoms with Gasteiger partial charge in [0.15, 0.2) is 6.61 Å². The van der Waals surface area contributed by atoms with Gasteiger partial charge >= 0.3 is 11.6 Å². The second-order valence-electron chi connectivity index (χ2n) is 7.36. The van der Waals surface area contributed by atoms with E-state index in [1.807, 2.05) is 32.9 Å². The summed E-state index contributed by atoms with van der Waals surface area (Å²) in [6.45, 7) is 6.18. The molecule has 1 N–H and O–H groups in total. The van der Waals surface area contributed by atoms with Crippen LogP contribution in [0.2, 0.25) is 0 Å². The fourth-order valence-electron chi connectivity index (χ4n) is 3.12. The van der Waals surface area contributed by atoms with Gasteiger partial charge in [-0.15, -0.1) is 0 Å². The molecule has 0 atom stereocenters. The highest BCUT2D eigenvalue weighted by Crippen LogP contribution is 2.24. The highest BCUT2D eigenvalue weighted by atomic mass is 16.6. The average Bonchev–Trinajstić information content (AvgIpc) is 2.74. The maximum atomic E-state index is 12.2. The van der Waals surface area contributed by atoms with E-state index in [-0.39, 0.29) is 30.0 Å². The number of nitrogens with one attached hydrogen (secondary N) is 1. The van der Waals surface area contributed by atoms with Crippen molar-refractivity contribution in [2.75, 3.05) is 26.9 Å². The molecule has 3 rings (SSSR count). The molecule has 1 aromatic heterocycles. The Hall–Kier alpha value is -3.65. The van der Waals surface area contributed by atoms with Crippen LogP contribution in [-0.4, -0.2) is 38.7 Å². The lowest BCUT2D eigenvalue weighted by molar-refractivity contribution is -0.136. The Morgan fingerprint density at radius 3 is 2.59 bits per heavy atom. The molecule has 1 amide bonds. The molecule has 0 saturated heterocycles. The fraction of sp³-hybridized carbons (Fsp3) is 0.292. The standard InChI is InChI=1S/C24H25NO7/c1-14-9-15(2)16(3)20(10-14)30-13-22(26)31-18-6-5-17-11-19(23(27)25-7-8-29-4)24(28)32-21(17)12-18/h5-6,9-12H,7-8,13H2,1-4H3,(H,25,27). The topological polar surface area (TPSA) is 104 Å². The van der Waals surface area contributed by atoms with E-state index in [1.165, 1.54) is 19.2 Å². The van der Waals surface area contributed by atoms with Crippen molar-refractivity contribution in [3.8, 4) is 11.5 Å². The number of benzene rings is 2. The molecule has 0 aliphatic heterocycles. The zero-order valence-electron chi connectivity index (χ0n) is 18.4. The number of hydrogen-bond donors (Lipinski definition) is 1. The Labute approximate surface area is 185 Å². The van der Waals surface area contributed by atoms with Crippen LogP contribution in [0.25, 0.3) is 11.0 Å². The minimum absolute atomic E-state index is 0.115. The van der Waals surface area contributed by atoms with Crippen LogP contribution in [0, 0.1) is 20.8 Å². The smallest absolute Gasteiger partial charge is 0.349 e. The first kappa shape index (κ1) is 23.0. The fourth-order valence-corrected chi connectivity index (χ4v) is 3.12. The summed E-state index contributed by atoms with van der Waals surface area (Å²) in [4.78, 5) is 36.6. The van der Waals surface area contributed by atoms with E-state index < -0.39 is 17.5 Å². The highest BCUT2D eigenvalue weighted by Gasteiger charge is 2.15. The molecule has 0 spiro atoms. The lowest BCUT2D eigenvalue weighted by Crippen LogP contribution is -2.30. The Kier molecular flexibility index (Phi) is 7.27. The molecule has 3 aromatic rings. The van der Waals surface area contributed by atoms with Gasteiger partial charge in [0.1, 0.15) is 22.6 Å². The maximum absolute atomic E-state index is 12.2. The SMILES string of the molecule is COCCNC(=O)c1cc2ccc(OC(=O)COc3cc(C)cc(C)c3C)cc2oc1=O. The summed E-state index contributed by atoms with van der Waals surface area (Å²) in [6, 6.07) is 9.90. The van der Waals surface area contributed by atoms with Gasteiger partial charge in [0, 0.05) is 25.1 Å². The normalized spacial score (nSPS) is 10.8. The first-order valence-electron chi connectivity index (χ1n) is 10.0. The molecule has 0 fully saturated rings. The second kappa shape index (κ2) is 10.1. The molecule has 2 aromatic carbocycles. The Morgan fingerprint density at radius 2 is 1.84 bits per heavy atom. The van der Waals surface area contributed by atoms with Crippen molar-refractivity contribution in [2.45, 2.75) is 20.8 Å². The number of rotatable bonds is 8. The van der Waals surface area contributed by atoms with Gasteiger partial charge in [-0.2, -0.15) is 0 Å². The molecular formula is C24H25NO7. The molecule has 8 heteroatoms. The highest BCUT2D eigenvalue weighted by molar-refractivity contribution is 5.96. The van der Waals surface area contributed by atoms with Crippen LogP contribution in [0.1, 0.15) is 27.0 Å². The number of carbonyl (C=O) groups excluding carboxylic acids is 2. The Bertz CT molecular complexity index is 1210. The van der Waals surface area contributed by atoms with E-state index in [2.05, 4.69) is 5.32 Å². The summed E-state index contributed by atoms with van der Waals surface area (Å²) < 4.78 is 21.0. The summed E-state index contributed by atoms with van der Waals surface area (Å²) in [5.74, 6) is -0.324. The third-order valence-corrected chi connectivity index (χ3v) is 4.89. The van der Waals surface area contributed by atoms with Crippen LogP contribution >= 0.6 is 0 Å². The molecule has 1 heterocycles. The summed E-state index contributed by atoms with van der Waals surface area (Å²) in [7, 11) is 1.51. The van der Waals surface area contributed by atoms with Gasteiger partial charge in [-0.3, -0.25) is 4.79 Å². The Balaban J connectivity index is 1.69. The number of fused-ring (bicyclic) bond motifs is 1. The second-order valence-corrected chi connectivity index (χ2v) is 7.36. The minimum Gasteiger partial charge on any atom is -0.482 e. The van der Waals surface area contributed by atoms with E-state index in [0.717, 1.165) is 16.7 Å². The average molecular weight is 439 g/mol. The van der Waals surface area contributed by atoms with Crippen LogP contribution in [0.5, 0.6) is 11.5 Å². The summed E-state index contributed by atoms with van der Waals surface area (Å²) in [5, 5.41) is 3.09. The van der Waals surface area contributed by atoms with Crippen LogP contribution in [0.15, 0.2) is 45.6 Å². The van der Waals surface area contributed by atoms with Crippen LogP contribution in [0.3, 0.4) is 0 Å². The zero-order valence-corrected chi connectivity index (χ0v) is 18.4. The predicted molar refractivity (Wildman–Crippen MR) is 118 cm³/mol. The van der Waals surface area contributed by atoms with Gasteiger partial charge in [-0.1, -0.05) is 6.07 Å². The van der Waals surface area contributed by atoms with Gasteiger partial charge in [0.05, 0.1) is 6.61 Å². The van der Waals surface area contributed by atoms with E-state index in [0.29, 0.717) is 17.7 Å². The number of esters is 1. The lowest BCUT2D eigenvalue weighted by atomic mass is 10.1. The van der Waals surface area contributed by atoms with Crippen molar-refractivity contribution in [3.05, 3.63) is 69.1 Å². The van der Waals surface area contributed by atoms with Crippen LogP contribution in [-0.2, 0) is 9.53 Å². The number of methoxy groups -OCH3 is 1. The molecule has 8 nitrogen and oxygen atoms in total. The van der Waals surface area contributed by atoms with E-state index in [1.54, 1.807) is 12.1 Å². The van der Waals surface area contributed by atoms with E-state index in [4.69, 9.17) is 18.6 Å². The molecular weight excluding hydrogens is 414 g/mol. The van der Waals surface area contributed by atoms with Crippen molar-refractivity contribution >= 4 is 22.8 Å². The molecule has 0 unspecified atom stereocenters. The summed E-state index contributed by atoms with van der Waals surface area (Å²) in [5.41, 5.74) is 2.36. The van der Waals surface area contributed by atoms with Gasteiger partial charge in [0.2, 0.25) is 0 Å². The van der Waals surface area contributed by atoms with Gasteiger partial charge in [0.25, 0.3) is 5.91 Å². The number of ether oxygens (including phenoxy) is 3. The summed E-state index contributed by atoms with van der Waals surface area (Å²) >= 11 is 0. The van der Waals surface area contributed by atoms with E-state index in [9.17, 15) is 14.4 Å². The van der Waals surface area contributed by atoms with Crippen molar-refractivity contribution in [2.24, 2.45) is 0 Å². The molecule has 0 bridgehead atoms. The van der Waals surface area contributed by atoms with Gasteiger partial charge in [-0.05, 0) is 61.7 Å². The molecule has 0 radical (unpaired) electrons. The monoisotopic (exact) mass is 439 g/mol. The Morgan fingerprint density at radius 1 is 1.06 bits per heavy atom. The molecule has 32 heavy (non-hydrogen) atoms. The lowest BCUT2D eigenvalue weighted by Gasteiger charge is -2.12. The van der Waals surface area contributed by atoms with Crippen molar-refractivity contribution in [1.29, 1.82) is 0 Å². The maximum Gasteiger partial charge on any atom is 0.349 e. The quantitative estimate of drug-likeness (QED) is 0.249. The van der Waals surface area contributed by atoms with Crippen molar-refractivity contribution in [1.82, 2.24) is 5.32 Å². The molecule has 0 aliphatic carbocycles. The molecule has 0 aliphatic rings. The van der Waals surface area contributed by atoms with Crippen molar-refractivity contribution < 1.29 is 28.2 Å². The molecule has 0 saturated carbocycles.